The average molecular weight is 577 g/mol. The molecular formula is C24H16Br2FNO3S. The van der Waals surface area contributed by atoms with Crippen molar-refractivity contribution in [2.75, 3.05) is 0 Å². The lowest BCUT2D eigenvalue weighted by Crippen LogP contribution is -2.27. The van der Waals surface area contributed by atoms with Crippen LogP contribution in [0.3, 0.4) is 0 Å². The zero-order chi connectivity index (χ0) is 22.7. The van der Waals surface area contributed by atoms with Gasteiger partial charge in [0, 0.05) is 4.47 Å². The van der Waals surface area contributed by atoms with Gasteiger partial charge in [-0.1, -0.05) is 52.3 Å². The standard InChI is InChI=1S/C24H16Br2FNO3S/c25-19-4-2-1-3-17(19)13-28-23(29)22(32-24(28)30)12-16-7-10-21(20(26)11-16)31-14-15-5-8-18(27)9-6-15/h1-12H,13-14H2/b22-12-. The third-order valence-electron chi connectivity index (χ3n) is 4.72. The Bertz CT molecular complexity index is 1210. The summed E-state index contributed by atoms with van der Waals surface area (Å²) in [5.41, 5.74) is 2.47. The molecule has 0 aliphatic carbocycles. The van der Waals surface area contributed by atoms with E-state index in [2.05, 4.69) is 31.9 Å². The molecule has 32 heavy (non-hydrogen) atoms. The number of hydrogen-bond donors (Lipinski definition) is 0. The van der Waals surface area contributed by atoms with Crippen LogP contribution < -0.4 is 4.74 Å². The molecule has 0 spiro atoms. The monoisotopic (exact) mass is 575 g/mol. The minimum absolute atomic E-state index is 0.212. The molecule has 0 unspecified atom stereocenters. The third-order valence-corrected chi connectivity index (χ3v) is 7.02. The lowest BCUT2D eigenvalue weighted by Gasteiger charge is -2.13. The molecule has 0 N–H and O–H groups in total. The van der Waals surface area contributed by atoms with Gasteiger partial charge in [0.15, 0.2) is 0 Å². The summed E-state index contributed by atoms with van der Waals surface area (Å²) in [6.45, 7) is 0.509. The molecule has 2 amide bonds. The van der Waals surface area contributed by atoms with Crippen LogP contribution in [0.25, 0.3) is 6.08 Å². The highest BCUT2D eigenvalue weighted by atomic mass is 79.9. The number of hydrogen-bond acceptors (Lipinski definition) is 4. The Morgan fingerprint density at radius 3 is 2.44 bits per heavy atom. The molecule has 3 aromatic rings. The molecule has 0 bridgehead atoms. The Morgan fingerprint density at radius 1 is 0.969 bits per heavy atom. The van der Waals surface area contributed by atoms with Gasteiger partial charge in [-0.2, -0.15) is 0 Å². The number of carbonyl (C=O) groups excluding carboxylic acids is 2. The molecule has 1 saturated heterocycles. The molecule has 1 aliphatic heterocycles. The summed E-state index contributed by atoms with van der Waals surface area (Å²) in [5, 5.41) is -0.296. The molecule has 8 heteroatoms. The van der Waals surface area contributed by atoms with Gasteiger partial charge in [0.2, 0.25) is 0 Å². The first-order valence-electron chi connectivity index (χ1n) is 9.56. The number of carbonyl (C=O) groups is 2. The predicted molar refractivity (Wildman–Crippen MR) is 131 cm³/mol. The minimum Gasteiger partial charge on any atom is -0.488 e. The summed E-state index contributed by atoms with van der Waals surface area (Å²) in [4.78, 5) is 26.8. The number of rotatable bonds is 6. The normalized spacial score (nSPS) is 15.0. The maximum atomic E-state index is 13.0. The molecule has 1 aliphatic rings. The average Bonchev–Trinajstić information content (AvgIpc) is 3.03. The van der Waals surface area contributed by atoms with E-state index in [9.17, 15) is 14.0 Å². The number of ether oxygens (including phenoxy) is 1. The molecule has 3 aromatic carbocycles. The number of benzene rings is 3. The molecule has 1 fully saturated rings. The summed E-state index contributed by atoms with van der Waals surface area (Å²) in [6.07, 6.45) is 1.69. The van der Waals surface area contributed by atoms with Gasteiger partial charge in [-0.25, -0.2) is 4.39 Å². The number of imide groups is 1. The summed E-state index contributed by atoms with van der Waals surface area (Å²) in [6, 6.07) is 19.0. The maximum Gasteiger partial charge on any atom is 0.293 e. The zero-order valence-corrected chi connectivity index (χ0v) is 20.5. The third kappa shape index (κ3) is 5.31. The van der Waals surface area contributed by atoms with Gasteiger partial charge in [-0.15, -0.1) is 0 Å². The lowest BCUT2D eigenvalue weighted by molar-refractivity contribution is -0.123. The number of halogens is 3. The first-order chi connectivity index (χ1) is 15.4. The summed E-state index contributed by atoms with van der Waals surface area (Å²) in [7, 11) is 0. The van der Waals surface area contributed by atoms with E-state index in [0.29, 0.717) is 21.7 Å². The van der Waals surface area contributed by atoms with Crippen LogP contribution in [0.4, 0.5) is 9.18 Å². The summed E-state index contributed by atoms with van der Waals surface area (Å²) >= 11 is 7.86. The van der Waals surface area contributed by atoms with Crippen LogP contribution >= 0.6 is 43.6 Å². The number of amides is 2. The van der Waals surface area contributed by atoms with Crippen LogP contribution in [-0.2, 0) is 17.9 Å². The SMILES string of the molecule is O=C1S/C(=C\c2ccc(OCc3ccc(F)cc3)c(Br)c2)C(=O)N1Cc1ccccc1Br. The molecule has 0 saturated carbocycles. The summed E-state index contributed by atoms with van der Waals surface area (Å²) < 4.78 is 20.4. The highest BCUT2D eigenvalue weighted by Gasteiger charge is 2.35. The van der Waals surface area contributed by atoms with Crippen molar-refractivity contribution < 1.29 is 18.7 Å². The Kier molecular flexibility index (Phi) is 7.13. The van der Waals surface area contributed by atoms with Crippen molar-refractivity contribution in [1.82, 2.24) is 4.90 Å². The predicted octanol–water partition coefficient (Wildman–Crippen LogP) is 7.17. The van der Waals surface area contributed by atoms with Crippen molar-refractivity contribution in [1.29, 1.82) is 0 Å². The van der Waals surface area contributed by atoms with Crippen molar-refractivity contribution in [3.8, 4) is 5.75 Å². The molecular weight excluding hydrogens is 561 g/mol. The van der Waals surface area contributed by atoms with E-state index in [4.69, 9.17) is 4.74 Å². The molecule has 1 heterocycles. The highest BCUT2D eigenvalue weighted by molar-refractivity contribution is 9.10. The first kappa shape index (κ1) is 22.8. The van der Waals surface area contributed by atoms with E-state index >= 15 is 0 Å². The van der Waals surface area contributed by atoms with Crippen molar-refractivity contribution in [2.45, 2.75) is 13.2 Å². The van der Waals surface area contributed by atoms with Gasteiger partial charge >= 0.3 is 0 Å². The van der Waals surface area contributed by atoms with Gasteiger partial charge in [0.1, 0.15) is 18.2 Å². The van der Waals surface area contributed by atoms with Crippen molar-refractivity contribution >= 4 is 60.8 Å². The molecule has 4 nitrogen and oxygen atoms in total. The number of nitrogens with zero attached hydrogens (tertiary/aromatic N) is 1. The van der Waals surface area contributed by atoms with Gasteiger partial charge in [-0.05, 0) is 80.8 Å². The fraction of sp³-hybridized carbons (Fsp3) is 0.0833. The molecule has 0 atom stereocenters. The topological polar surface area (TPSA) is 46.6 Å². The Hall–Kier alpha value is -2.42. The second kappa shape index (κ2) is 10.0. The fourth-order valence-corrected chi connectivity index (χ4v) is 4.81. The van der Waals surface area contributed by atoms with Gasteiger partial charge in [-0.3, -0.25) is 14.5 Å². The quantitative estimate of drug-likeness (QED) is 0.292. The van der Waals surface area contributed by atoms with Gasteiger partial charge in [0.25, 0.3) is 11.1 Å². The zero-order valence-electron chi connectivity index (χ0n) is 16.6. The van der Waals surface area contributed by atoms with Crippen LogP contribution in [0.15, 0.2) is 80.6 Å². The van der Waals surface area contributed by atoms with Crippen molar-refractivity contribution in [3.05, 3.63) is 103 Å². The van der Waals surface area contributed by atoms with Crippen LogP contribution in [0.1, 0.15) is 16.7 Å². The van der Waals surface area contributed by atoms with Gasteiger partial charge < -0.3 is 4.74 Å². The molecule has 162 valence electrons. The maximum absolute atomic E-state index is 13.0. The largest absolute Gasteiger partial charge is 0.488 e. The number of thioether (sulfide) groups is 1. The lowest BCUT2D eigenvalue weighted by atomic mass is 10.2. The Balaban J connectivity index is 1.45. The highest BCUT2D eigenvalue weighted by Crippen LogP contribution is 2.35. The Labute approximate surface area is 205 Å². The van der Waals surface area contributed by atoms with Crippen LogP contribution in [0.5, 0.6) is 5.75 Å². The van der Waals surface area contributed by atoms with Crippen molar-refractivity contribution in [3.63, 3.8) is 0 Å². The van der Waals surface area contributed by atoms with E-state index in [0.717, 1.165) is 32.9 Å². The van der Waals surface area contributed by atoms with Crippen LogP contribution in [0.2, 0.25) is 0 Å². The molecule has 0 radical (unpaired) electrons. The van der Waals surface area contributed by atoms with E-state index in [-0.39, 0.29) is 23.5 Å². The van der Waals surface area contributed by atoms with Crippen LogP contribution in [0, 0.1) is 5.82 Å². The van der Waals surface area contributed by atoms with Crippen LogP contribution in [-0.4, -0.2) is 16.0 Å². The smallest absolute Gasteiger partial charge is 0.293 e. The van der Waals surface area contributed by atoms with E-state index in [1.807, 2.05) is 36.4 Å². The van der Waals surface area contributed by atoms with E-state index in [1.165, 1.54) is 17.0 Å². The second-order valence-electron chi connectivity index (χ2n) is 6.96. The second-order valence-corrected chi connectivity index (χ2v) is 9.67. The molecule has 0 aromatic heterocycles. The summed E-state index contributed by atoms with van der Waals surface area (Å²) in [5.74, 6) is 0.0112. The fourth-order valence-electron chi connectivity index (χ4n) is 3.05. The molecule has 4 rings (SSSR count). The van der Waals surface area contributed by atoms with Crippen molar-refractivity contribution in [2.24, 2.45) is 0 Å². The first-order valence-corrected chi connectivity index (χ1v) is 12.0. The van der Waals surface area contributed by atoms with E-state index in [1.54, 1.807) is 24.3 Å². The van der Waals surface area contributed by atoms with Gasteiger partial charge in [0.05, 0.1) is 15.9 Å². The minimum atomic E-state index is -0.316. The Morgan fingerprint density at radius 2 is 1.72 bits per heavy atom. The van der Waals surface area contributed by atoms with E-state index < -0.39 is 0 Å².